The third-order valence-electron chi connectivity index (χ3n) is 4.93. The Morgan fingerprint density at radius 2 is 1.88 bits per heavy atom. The van der Waals surface area contributed by atoms with Gasteiger partial charge in [-0.25, -0.2) is 4.79 Å². The van der Waals surface area contributed by atoms with Gasteiger partial charge in [0.1, 0.15) is 5.75 Å². The number of carboxylic acid groups (broad SMARTS) is 1. The summed E-state index contributed by atoms with van der Waals surface area (Å²) >= 11 is 0. The van der Waals surface area contributed by atoms with E-state index in [2.05, 4.69) is 30.7 Å². The molecule has 1 saturated heterocycles. The molecule has 146 valence electrons. The summed E-state index contributed by atoms with van der Waals surface area (Å²) in [5.74, 6) is 1.32. The van der Waals surface area contributed by atoms with Gasteiger partial charge in [-0.2, -0.15) is 0 Å². The number of nitrogens with zero attached hydrogens (tertiary/aromatic N) is 3. The molecule has 0 bridgehead atoms. The average Bonchev–Trinajstić information content (AvgIpc) is 2.63. The molecule has 6 heteroatoms. The lowest BCUT2D eigenvalue weighted by Gasteiger charge is -2.33. The number of ether oxygens (including phenoxy) is 1. The number of amides is 1. The molecule has 1 unspecified atom stereocenters. The number of anilines is 1. The fraction of sp³-hybridized carbons (Fsp3) is 0.650. The fourth-order valence-corrected chi connectivity index (χ4v) is 3.19. The Kier molecular flexibility index (Phi) is 8.19. The Balaban J connectivity index is 1.87. The molecular weight excluding hydrogens is 330 g/mol. The summed E-state index contributed by atoms with van der Waals surface area (Å²) in [7, 11) is 2.12. The van der Waals surface area contributed by atoms with E-state index < -0.39 is 6.09 Å². The van der Waals surface area contributed by atoms with E-state index in [0.717, 1.165) is 51.3 Å². The minimum absolute atomic E-state index is 0.479. The third-order valence-corrected chi connectivity index (χ3v) is 4.93. The molecule has 1 aliphatic heterocycles. The van der Waals surface area contributed by atoms with Crippen LogP contribution in [0.2, 0.25) is 0 Å². The van der Waals surface area contributed by atoms with Gasteiger partial charge < -0.3 is 14.7 Å². The summed E-state index contributed by atoms with van der Waals surface area (Å²) in [6.07, 6.45) is 1.39. The van der Waals surface area contributed by atoms with Crippen molar-refractivity contribution in [3.05, 3.63) is 24.3 Å². The topological polar surface area (TPSA) is 56.2 Å². The maximum atomic E-state index is 11.7. The minimum atomic E-state index is -0.913. The number of carbonyl (C=O) groups is 1. The van der Waals surface area contributed by atoms with E-state index in [-0.39, 0.29) is 0 Å². The highest BCUT2D eigenvalue weighted by molar-refractivity contribution is 5.86. The summed E-state index contributed by atoms with van der Waals surface area (Å²) in [6.45, 7) is 10.3. The van der Waals surface area contributed by atoms with Crippen LogP contribution in [-0.4, -0.2) is 73.9 Å². The van der Waals surface area contributed by atoms with Gasteiger partial charge in [-0.15, -0.1) is 0 Å². The first-order valence-electron chi connectivity index (χ1n) is 9.63. The first kappa shape index (κ1) is 20.5. The maximum absolute atomic E-state index is 11.7. The zero-order valence-corrected chi connectivity index (χ0v) is 16.4. The molecule has 0 aromatic heterocycles. The fourth-order valence-electron chi connectivity index (χ4n) is 3.19. The maximum Gasteiger partial charge on any atom is 0.411 e. The van der Waals surface area contributed by atoms with Crippen molar-refractivity contribution in [1.29, 1.82) is 0 Å². The van der Waals surface area contributed by atoms with Gasteiger partial charge in [0.05, 0.1) is 6.61 Å². The van der Waals surface area contributed by atoms with Crippen molar-refractivity contribution in [2.24, 2.45) is 5.92 Å². The van der Waals surface area contributed by atoms with Gasteiger partial charge in [0.15, 0.2) is 0 Å². The Labute approximate surface area is 157 Å². The van der Waals surface area contributed by atoms with Gasteiger partial charge in [-0.3, -0.25) is 9.80 Å². The van der Waals surface area contributed by atoms with Gasteiger partial charge in [0, 0.05) is 45.0 Å². The van der Waals surface area contributed by atoms with Crippen LogP contribution in [0.25, 0.3) is 0 Å². The van der Waals surface area contributed by atoms with Crippen LogP contribution in [0.3, 0.4) is 0 Å². The van der Waals surface area contributed by atoms with Crippen LogP contribution < -0.4 is 9.64 Å². The van der Waals surface area contributed by atoms with Crippen molar-refractivity contribution in [3.8, 4) is 5.75 Å². The molecule has 0 aliphatic carbocycles. The number of likely N-dealkylation sites (N-methyl/N-ethyl adjacent to an activating group) is 1. The van der Waals surface area contributed by atoms with E-state index in [9.17, 15) is 9.90 Å². The van der Waals surface area contributed by atoms with Gasteiger partial charge in [0.25, 0.3) is 0 Å². The molecule has 1 amide bonds. The number of piperazine rings is 1. The Hall–Kier alpha value is -1.79. The highest BCUT2D eigenvalue weighted by atomic mass is 16.5. The molecule has 1 aliphatic rings. The van der Waals surface area contributed by atoms with E-state index in [4.69, 9.17) is 4.74 Å². The normalized spacial score (nSPS) is 17.0. The monoisotopic (exact) mass is 363 g/mol. The summed E-state index contributed by atoms with van der Waals surface area (Å²) < 4.78 is 5.80. The minimum Gasteiger partial charge on any atom is -0.493 e. The molecule has 1 fully saturated rings. The molecule has 1 heterocycles. The molecule has 2 rings (SSSR count). The predicted molar refractivity (Wildman–Crippen MR) is 105 cm³/mol. The Morgan fingerprint density at radius 1 is 1.23 bits per heavy atom. The lowest BCUT2D eigenvalue weighted by Crippen LogP contribution is -2.47. The summed E-state index contributed by atoms with van der Waals surface area (Å²) in [4.78, 5) is 17.7. The Bertz CT molecular complexity index is 542. The van der Waals surface area contributed by atoms with Crippen LogP contribution in [0.15, 0.2) is 24.3 Å². The van der Waals surface area contributed by atoms with Gasteiger partial charge in [-0.05, 0) is 43.7 Å². The lowest BCUT2D eigenvalue weighted by atomic mass is 10.1. The van der Waals surface area contributed by atoms with Crippen molar-refractivity contribution >= 4 is 11.8 Å². The second-order valence-electron chi connectivity index (χ2n) is 7.28. The van der Waals surface area contributed by atoms with E-state index in [1.807, 2.05) is 24.3 Å². The smallest absolute Gasteiger partial charge is 0.411 e. The molecule has 0 radical (unpaired) electrons. The van der Waals surface area contributed by atoms with E-state index in [1.165, 1.54) is 4.90 Å². The standard InChI is InChI=1S/C20H33N3O3/c1-4-5-17(2)16-26-19-8-6-18(7-9-19)23(20(24)25)15-14-22-12-10-21(3)11-13-22/h6-9,17H,4-5,10-16H2,1-3H3,(H,24,25). The van der Waals surface area contributed by atoms with Crippen LogP contribution in [-0.2, 0) is 0 Å². The van der Waals surface area contributed by atoms with Crippen molar-refractivity contribution < 1.29 is 14.6 Å². The van der Waals surface area contributed by atoms with Crippen LogP contribution in [0, 0.1) is 5.92 Å². The molecule has 1 N–H and O–H groups in total. The molecule has 1 aromatic rings. The van der Waals surface area contributed by atoms with Crippen LogP contribution in [0.1, 0.15) is 26.7 Å². The first-order valence-corrected chi connectivity index (χ1v) is 9.63. The zero-order chi connectivity index (χ0) is 18.9. The van der Waals surface area contributed by atoms with Crippen molar-refractivity contribution in [2.45, 2.75) is 26.7 Å². The summed E-state index contributed by atoms with van der Waals surface area (Å²) in [5.41, 5.74) is 0.695. The molecular formula is C20H33N3O3. The molecule has 0 saturated carbocycles. The third kappa shape index (κ3) is 6.50. The van der Waals surface area contributed by atoms with Gasteiger partial charge in [-0.1, -0.05) is 20.3 Å². The SMILES string of the molecule is CCCC(C)COc1ccc(N(CCN2CCN(C)CC2)C(=O)O)cc1. The molecule has 1 aromatic carbocycles. The quantitative estimate of drug-likeness (QED) is 0.730. The largest absolute Gasteiger partial charge is 0.493 e. The van der Waals surface area contributed by atoms with Crippen molar-refractivity contribution in [3.63, 3.8) is 0 Å². The molecule has 0 spiro atoms. The van der Waals surface area contributed by atoms with Crippen LogP contribution in [0.4, 0.5) is 10.5 Å². The second kappa shape index (κ2) is 10.4. The molecule has 6 nitrogen and oxygen atoms in total. The van der Waals surface area contributed by atoms with E-state index in [0.29, 0.717) is 24.8 Å². The predicted octanol–water partition coefficient (Wildman–Crippen LogP) is 3.23. The van der Waals surface area contributed by atoms with Crippen molar-refractivity contribution in [1.82, 2.24) is 9.80 Å². The van der Waals surface area contributed by atoms with E-state index in [1.54, 1.807) is 0 Å². The highest BCUT2D eigenvalue weighted by Gasteiger charge is 2.18. The zero-order valence-electron chi connectivity index (χ0n) is 16.4. The highest BCUT2D eigenvalue weighted by Crippen LogP contribution is 2.21. The van der Waals surface area contributed by atoms with E-state index >= 15 is 0 Å². The van der Waals surface area contributed by atoms with Gasteiger partial charge >= 0.3 is 6.09 Å². The van der Waals surface area contributed by atoms with Gasteiger partial charge in [0.2, 0.25) is 0 Å². The first-order chi connectivity index (χ1) is 12.5. The summed E-state index contributed by atoms with van der Waals surface area (Å²) in [6, 6.07) is 7.38. The summed E-state index contributed by atoms with van der Waals surface area (Å²) in [5, 5.41) is 9.57. The molecule has 1 atom stereocenters. The Morgan fingerprint density at radius 3 is 2.46 bits per heavy atom. The number of rotatable bonds is 9. The number of hydrogen-bond donors (Lipinski definition) is 1. The number of hydrogen-bond acceptors (Lipinski definition) is 4. The number of benzene rings is 1. The molecule has 26 heavy (non-hydrogen) atoms. The second-order valence-corrected chi connectivity index (χ2v) is 7.28. The lowest BCUT2D eigenvalue weighted by molar-refractivity contribution is 0.155. The van der Waals surface area contributed by atoms with Crippen LogP contribution in [0.5, 0.6) is 5.75 Å². The van der Waals surface area contributed by atoms with Crippen LogP contribution >= 0.6 is 0 Å². The average molecular weight is 364 g/mol. The van der Waals surface area contributed by atoms with Crippen molar-refractivity contribution in [2.75, 3.05) is 57.8 Å².